The number of nitrogens with zero attached hydrogens (tertiary/aromatic N) is 4. The molecule has 2 rings (SSSR count). The first kappa shape index (κ1) is 14.7. The maximum absolute atomic E-state index is 5.09. The number of ether oxygens (including phenoxy) is 1. The lowest BCUT2D eigenvalue weighted by Crippen LogP contribution is -2.05. The summed E-state index contributed by atoms with van der Waals surface area (Å²) in [5.41, 5.74) is 3.03. The highest BCUT2D eigenvalue weighted by Crippen LogP contribution is 2.26. The van der Waals surface area contributed by atoms with Gasteiger partial charge in [-0.1, -0.05) is 12.2 Å². The molecule has 0 spiro atoms. The molecule has 0 atom stereocenters. The normalized spacial score (nSPS) is 11.0. The summed E-state index contributed by atoms with van der Waals surface area (Å²) in [6.07, 6.45) is 0. The number of aryl methyl sites for hydroxylation is 1. The van der Waals surface area contributed by atoms with Crippen LogP contribution in [0, 0.1) is 13.8 Å². The maximum atomic E-state index is 5.09. The van der Waals surface area contributed by atoms with E-state index in [2.05, 4.69) is 28.0 Å². The maximum Gasteiger partial charge on any atom is 0.158 e. The summed E-state index contributed by atoms with van der Waals surface area (Å²) >= 11 is 9.13. The molecule has 0 saturated heterocycles. The molecule has 20 heavy (non-hydrogen) atoms. The lowest BCUT2D eigenvalue weighted by molar-refractivity contribution is 0.415. The number of rotatable bonds is 3. The van der Waals surface area contributed by atoms with Crippen LogP contribution in [0.1, 0.15) is 11.4 Å². The Balaban J connectivity index is 2.29. The second kappa shape index (κ2) is 6.15. The van der Waals surface area contributed by atoms with E-state index in [1.807, 2.05) is 38.1 Å². The summed E-state index contributed by atoms with van der Waals surface area (Å²) in [4.78, 5) is 0. The smallest absolute Gasteiger partial charge is 0.158 e. The minimum Gasteiger partial charge on any atom is -0.497 e. The first-order chi connectivity index (χ1) is 9.52. The number of benzene rings is 1. The topological polar surface area (TPSA) is 51.8 Å². The fourth-order valence-electron chi connectivity index (χ4n) is 1.72. The van der Waals surface area contributed by atoms with Crippen LogP contribution in [0.15, 0.2) is 34.5 Å². The van der Waals surface area contributed by atoms with Gasteiger partial charge in [0.05, 0.1) is 24.2 Å². The Bertz CT molecular complexity index is 662. The molecule has 7 heteroatoms. The molecule has 1 aromatic carbocycles. The molecule has 0 saturated carbocycles. The monoisotopic (exact) mass is 306 g/mol. The quantitative estimate of drug-likeness (QED) is 0.530. The minimum absolute atomic E-state index is 0.386. The molecule has 0 aliphatic carbocycles. The first-order valence-electron chi connectivity index (χ1n) is 5.88. The van der Waals surface area contributed by atoms with Crippen molar-refractivity contribution >= 4 is 40.5 Å². The standard InChI is InChI=1S/C13H14N4OS2/c1-8-12(9(2)17(16-8)13(19)20)15-14-10-4-6-11(18-3)7-5-10/h4-7H,1-3H3,(H,19,20). The molecule has 0 fully saturated rings. The van der Waals surface area contributed by atoms with Crippen molar-refractivity contribution in [3.05, 3.63) is 35.7 Å². The summed E-state index contributed by atoms with van der Waals surface area (Å²) < 4.78 is 7.04. The van der Waals surface area contributed by atoms with Crippen molar-refractivity contribution in [1.82, 2.24) is 9.78 Å². The van der Waals surface area contributed by atoms with Crippen LogP contribution in [0.25, 0.3) is 0 Å². The van der Waals surface area contributed by atoms with Crippen molar-refractivity contribution in [3.63, 3.8) is 0 Å². The van der Waals surface area contributed by atoms with Gasteiger partial charge in [-0.25, -0.2) is 4.68 Å². The Labute approximate surface area is 128 Å². The Morgan fingerprint density at radius 1 is 1.25 bits per heavy atom. The number of hydrogen-bond donors (Lipinski definition) is 1. The Hall–Kier alpha value is -1.73. The third-order valence-corrected chi connectivity index (χ3v) is 3.13. The fourth-order valence-corrected chi connectivity index (χ4v) is 2.09. The van der Waals surface area contributed by atoms with Crippen LogP contribution >= 0.6 is 24.8 Å². The fraction of sp³-hybridized carbons (Fsp3) is 0.231. The van der Waals surface area contributed by atoms with Gasteiger partial charge in [-0.2, -0.15) is 10.2 Å². The zero-order chi connectivity index (χ0) is 14.7. The van der Waals surface area contributed by atoms with Crippen molar-refractivity contribution in [1.29, 1.82) is 0 Å². The van der Waals surface area contributed by atoms with E-state index < -0.39 is 0 Å². The van der Waals surface area contributed by atoms with Gasteiger partial charge in [0.15, 0.2) is 4.32 Å². The SMILES string of the molecule is COc1ccc(N=Nc2c(C)nn(C(=S)S)c2C)cc1. The third kappa shape index (κ3) is 3.05. The Morgan fingerprint density at radius 2 is 1.90 bits per heavy atom. The molecule has 1 heterocycles. The Kier molecular flexibility index (Phi) is 4.51. The molecule has 1 aromatic heterocycles. The minimum atomic E-state index is 0.386. The highest BCUT2D eigenvalue weighted by Gasteiger charge is 2.12. The van der Waals surface area contributed by atoms with Gasteiger partial charge in [0.1, 0.15) is 11.4 Å². The van der Waals surface area contributed by atoms with Gasteiger partial charge in [0.2, 0.25) is 0 Å². The van der Waals surface area contributed by atoms with Crippen LogP contribution < -0.4 is 4.74 Å². The molecule has 0 aliphatic heterocycles. The summed E-state index contributed by atoms with van der Waals surface area (Å²) in [7, 11) is 1.62. The second-order valence-corrected chi connectivity index (χ2v) is 5.22. The zero-order valence-electron chi connectivity index (χ0n) is 11.4. The van der Waals surface area contributed by atoms with Gasteiger partial charge in [-0.05, 0) is 38.1 Å². The molecule has 0 amide bonds. The predicted octanol–water partition coefficient (Wildman–Crippen LogP) is 3.99. The van der Waals surface area contributed by atoms with Gasteiger partial charge in [-0.15, -0.1) is 17.7 Å². The van der Waals surface area contributed by atoms with Crippen LogP contribution in [-0.2, 0) is 0 Å². The average Bonchev–Trinajstić information content (AvgIpc) is 2.72. The van der Waals surface area contributed by atoms with Crippen molar-refractivity contribution in [2.75, 3.05) is 7.11 Å². The number of azo groups is 1. The first-order valence-corrected chi connectivity index (χ1v) is 6.73. The molecule has 5 nitrogen and oxygen atoms in total. The van der Waals surface area contributed by atoms with E-state index in [4.69, 9.17) is 17.0 Å². The number of thiocarbonyl (C=S) groups is 1. The van der Waals surface area contributed by atoms with E-state index in [1.165, 1.54) is 0 Å². The number of thiol groups is 1. The predicted molar refractivity (Wildman–Crippen MR) is 85.9 cm³/mol. The van der Waals surface area contributed by atoms with Crippen LogP contribution in [0.5, 0.6) is 5.75 Å². The largest absolute Gasteiger partial charge is 0.497 e. The average molecular weight is 306 g/mol. The highest BCUT2D eigenvalue weighted by atomic mass is 32.1. The lowest BCUT2D eigenvalue weighted by atomic mass is 10.3. The van der Waals surface area contributed by atoms with E-state index >= 15 is 0 Å². The summed E-state index contributed by atoms with van der Waals surface area (Å²) in [5.74, 6) is 0.782. The van der Waals surface area contributed by atoms with Crippen molar-refractivity contribution in [2.45, 2.75) is 13.8 Å². The van der Waals surface area contributed by atoms with E-state index in [1.54, 1.807) is 11.8 Å². The second-order valence-electron chi connectivity index (χ2n) is 4.11. The zero-order valence-corrected chi connectivity index (χ0v) is 13.1. The van der Waals surface area contributed by atoms with Gasteiger partial charge in [0.25, 0.3) is 0 Å². The van der Waals surface area contributed by atoms with E-state index in [-0.39, 0.29) is 0 Å². The summed E-state index contributed by atoms with van der Waals surface area (Å²) in [6.45, 7) is 3.74. The van der Waals surface area contributed by atoms with Gasteiger partial charge in [-0.3, -0.25) is 0 Å². The van der Waals surface area contributed by atoms with Crippen LogP contribution in [0.2, 0.25) is 0 Å². The van der Waals surface area contributed by atoms with Crippen molar-refractivity contribution < 1.29 is 4.74 Å². The van der Waals surface area contributed by atoms with E-state index in [9.17, 15) is 0 Å². The third-order valence-electron chi connectivity index (χ3n) is 2.77. The molecule has 0 aliphatic rings. The highest BCUT2D eigenvalue weighted by molar-refractivity contribution is 8.11. The van der Waals surface area contributed by atoms with Gasteiger partial charge < -0.3 is 4.74 Å². The van der Waals surface area contributed by atoms with Crippen LogP contribution in [0.4, 0.5) is 11.4 Å². The van der Waals surface area contributed by atoms with E-state index in [0.29, 0.717) is 10.0 Å². The van der Waals surface area contributed by atoms with Crippen LogP contribution in [-0.4, -0.2) is 21.2 Å². The molecule has 0 N–H and O–H groups in total. The van der Waals surface area contributed by atoms with E-state index in [0.717, 1.165) is 22.8 Å². The summed E-state index contributed by atoms with van der Waals surface area (Å²) in [5, 5.41) is 12.7. The Morgan fingerprint density at radius 3 is 2.40 bits per heavy atom. The van der Waals surface area contributed by atoms with Gasteiger partial charge in [0, 0.05) is 0 Å². The number of methoxy groups -OCH3 is 1. The van der Waals surface area contributed by atoms with Crippen LogP contribution in [0.3, 0.4) is 0 Å². The molecule has 2 aromatic rings. The molecule has 0 radical (unpaired) electrons. The molecular formula is C13H14N4OS2. The van der Waals surface area contributed by atoms with Crippen molar-refractivity contribution in [3.8, 4) is 5.75 Å². The van der Waals surface area contributed by atoms with Crippen molar-refractivity contribution in [2.24, 2.45) is 10.2 Å². The molecular weight excluding hydrogens is 292 g/mol. The molecule has 0 bridgehead atoms. The summed E-state index contributed by atoms with van der Waals surface area (Å²) in [6, 6.07) is 7.34. The van der Waals surface area contributed by atoms with Gasteiger partial charge >= 0.3 is 0 Å². The number of aromatic nitrogens is 2. The number of hydrogen-bond acceptors (Lipinski definition) is 5. The molecule has 104 valence electrons. The molecule has 0 unspecified atom stereocenters. The lowest BCUT2D eigenvalue weighted by Gasteiger charge is -1.99.